The van der Waals surface area contributed by atoms with Crippen molar-refractivity contribution >= 4 is 27.5 Å². The van der Waals surface area contributed by atoms with Crippen LogP contribution in [0.3, 0.4) is 0 Å². The van der Waals surface area contributed by atoms with Crippen LogP contribution in [0.25, 0.3) is 43.8 Å². The van der Waals surface area contributed by atoms with Crippen molar-refractivity contribution in [3.8, 4) is 22.3 Å². The summed E-state index contributed by atoms with van der Waals surface area (Å²) in [6, 6.07) is 45.5. The number of hydrogen-bond acceptors (Lipinski definition) is 1. The number of rotatable bonds is 6. The standard InChI is InChI=1S/C35H26O2/c36-35(37)33(26-11-2-1-3-12-26)23-34-31(29-19-17-24-9-4-6-13-27(24)21-29)15-8-16-32(34)30-20-18-25-10-5-7-14-28(25)22-30/h1-22,33H,23H2,(H,36,37)/t33-/m1/s1. The van der Waals surface area contributed by atoms with Gasteiger partial charge in [0.05, 0.1) is 5.92 Å². The molecule has 0 aliphatic heterocycles. The first-order valence-electron chi connectivity index (χ1n) is 12.6. The predicted octanol–water partition coefficient (Wildman–Crippen LogP) is 8.74. The van der Waals surface area contributed by atoms with Gasteiger partial charge < -0.3 is 5.11 Å². The zero-order valence-electron chi connectivity index (χ0n) is 20.3. The van der Waals surface area contributed by atoms with E-state index in [0.29, 0.717) is 6.42 Å². The average Bonchev–Trinajstić information content (AvgIpc) is 2.95. The van der Waals surface area contributed by atoms with Crippen molar-refractivity contribution in [3.05, 3.63) is 145 Å². The number of carbonyl (C=O) groups is 1. The molecule has 6 rings (SSSR count). The monoisotopic (exact) mass is 478 g/mol. The molecule has 0 heterocycles. The van der Waals surface area contributed by atoms with E-state index in [0.717, 1.165) is 33.4 Å². The van der Waals surface area contributed by atoms with Crippen molar-refractivity contribution in [2.75, 3.05) is 0 Å². The molecule has 6 aromatic carbocycles. The summed E-state index contributed by atoms with van der Waals surface area (Å²) in [6.45, 7) is 0. The van der Waals surface area contributed by atoms with Crippen molar-refractivity contribution in [1.82, 2.24) is 0 Å². The summed E-state index contributed by atoms with van der Waals surface area (Å²) < 4.78 is 0. The molecule has 0 spiro atoms. The fraction of sp³-hybridized carbons (Fsp3) is 0.0571. The van der Waals surface area contributed by atoms with Gasteiger partial charge in [-0.3, -0.25) is 4.79 Å². The highest BCUT2D eigenvalue weighted by molar-refractivity contribution is 5.92. The lowest BCUT2D eigenvalue weighted by Gasteiger charge is -2.20. The Kier molecular flexibility index (Phi) is 6.00. The Morgan fingerprint density at radius 2 is 1.03 bits per heavy atom. The summed E-state index contributed by atoms with van der Waals surface area (Å²) in [5, 5.41) is 15.0. The van der Waals surface area contributed by atoms with Gasteiger partial charge in [-0.2, -0.15) is 0 Å². The number of carboxylic acids is 1. The highest BCUT2D eigenvalue weighted by atomic mass is 16.4. The number of hydrogen-bond donors (Lipinski definition) is 1. The molecule has 0 radical (unpaired) electrons. The van der Waals surface area contributed by atoms with Crippen molar-refractivity contribution in [2.24, 2.45) is 0 Å². The highest BCUT2D eigenvalue weighted by Crippen LogP contribution is 2.38. The zero-order chi connectivity index (χ0) is 25.2. The van der Waals surface area contributed by atoms with Crippen LogP contribution in [-0.2, 0) is 11.2 Å². The lowest BCUT2D eigenvalue weighted by molar-refractivity contribution is -0.138. The molecule has 1 N–H and O–H groups in total. The second-order valence-corrected chi connectivity index (χ2v) is 9.46. The first kappa shape index (κ1) is 22.8. The van der Waals surface area contributed by atoms with Gasteiger partial charge in [-0.15, -0.1) is 0 Å². The van der Waals surface area contributed by atoms with E-state index in [9.17, 15) is 9.90 Å². The van der Waals surface area contributed by atoms with Crippen LogP contribution in [0.1, 0.15) is 17.0 Å². The van der Waals surface area contributed by atoms with Crippen LogP contribution >= 0.6 is 0 Å². The third-order valence-corrected chi connectivity index (χ3v) is 7.21. The Labute approximate surface area is 216 Å². The Morgan fingerprint density at radius 3 is 1.54 bits per heavy atom. The van der Waals surface area contributed by atoms with Gasteiger partial charge in [0.15, 0.2) is 0 Å². The molecule has 0 saturated heterocycles. The normalized spacial score (nSPS) is 12.0. The van der Waals surface area contributed by atoms with Crippen LogP contribution < -0.4 is 0 Å². The second-order valence-electron chi connectivity index (χ2n) is 9.46. The van der Waals surface area contributed by atoms with Crippen LogP contribution in [0.5, 0.6) is 0 Å². The maximum Gasteiger partial charge on any atom is 0.311 e. The quantitative estimate of drug-likeness (QED) is 0.260. The Balaban J connectivity index is 1.56. The van der Waals surface area contributed by atoms with E-state index in [-0.39, 0.29) is 0 Å². The van der Waals surface area contributed by atoms with Crippen LogP contribution in [0.15, 0.2) is 133 Å². The Bertz CT molecular complexity index is 1640. The minimum Gasteiger partial charge on any atom is -0.481 e. The smallest absolute Gasteiger partial charge is 0.311 e. The molecule has 37 heavy (non-hydrogen) atoms. The maximum absolute atomic E-state index is 12.5. The van der Waals surface area contributed by atoms with Gasteiger partial charge in [0.1, 0.15) is 0 Å². The van der Waals surface area contributed by atoms with E-state index in [1.54, 1.807) is 0 Å². The largest absolute Gasteiger partial charge is 0.481 e. The first-order valence-corrected chi connectivity index (χ1v) is 12.6. The van der Waals surface area contributed by atoms with Gasteiger partial charge in [-0.05, 0) is 73.5 Å². The summed E-state index contributed by atoms with van der Waals surface area (Å²) in [7, 11) is 0. The molecule has 0 bridgehead atoms. The minimum atomic E-state index is -0.816. The molecule has 0 unspecified atom stereocenters. The fourth-order valence-corrected chi connectivity index (χ4v) is 5.30. The summed E-state index contributed by atoms with van der Waals surface area (Å²) in [6.07, 6.45) is 0.393. The first-order chi connectivity index (χ1) is 18.2. The van der Waals surface area contributed by atoms with E-state index in [2.05, 4.69) is 78.9 Å². The number of benzene rings is 6. The van der Waals surface area contributed by atoms with Gasteiger partial charge >= 0.3 is 5.97 Å². The molecule has 0 aromatic heterocycles. The number of carboxylic acid groups (broad SMARTS) is 1. The van der Waals surface area contributed by atoms with E-state index in [1.807, 2.05) is 54.6 Å². The SMILES string of the molecule is O=C(O)[C@H](Cc1c(-c2ccc3ccccc3c2)cccc1-c1ccc2ccccc2c1)c1ccccc1. The van der Waals surface area contributed by atoms with Crippen molar-refractivity contribution in [2.45, 2.75) is 12.3 Å². The van der Waals surface area contributed by atoms with Gasteiger partial charge in [0.25, 0.3) is 0 Å². The molecular weight excluding hydrogens is 452 g/mol. The third kappa shape index (κ3) is 4.50. The highest BCUT2D eigenvalue weighted by Gasteiger charge is 2.24. The maximum atomic E-state index is 12.5. The summed E-state index contributed by atoms with van der Waals surface area (Å²) in [5.41, 5.74) is 6.18. The molecule has 2 nitrogen and oxygen atoms in total. The number of fused-ring (bicyclic) bond motifs is 2. The van der Waals surface area contributed by atoms with Crippen molar-refractivity contribution in [1.29, 1.82) is 0 Å². The van der Waals surface area contributed by atoms with E-state index in [4.69, 9.17) is 0 Å². The molecule has 0 amide bonds. The van der Waals surface area contributed by atoms with E-state index >= 15 is 0 Å². The van der Waals surface area contributed by atoms with Gasteiger partial charge in [0, 0.05) is 0 Å². The molecule has 6 aromatic rings. The van der Waals surface area contributed by atoms with Crippen LogP contribution in [0.2, 0.25) is 0 Å². The molecule has 0 aliphatic carbocycles. The molecule has 0 aliphatic rings. The second kappa shape index (κ2) is 9.75. The van der Waals surface area contributed by atoms with E-state index in [1.165, 1.54) is 21.5 Å². The zero-order valence-corrected chi connectivity index (χ0v) is 20.3. The van der Waals surface area contributed by atoms with Crippen LogP contribution in [0, 0.1) is 0 Å². The topological polar surface area (TPSA) is 37.3 Å². The van der Waals surface area contributed by atoms with Crippen molar-refractivity contribution < 1.29 is 9.90 Å². The molecule has 178 valence electrons. The third-order valence-electron chi connectivity index (χ3n) is 7.21. The summed E-state index contributed by atoms with van der Waals surface area (Å²) in [5.74, 6) is -1.47. The fourth-order valence-electron chi connectivity index (χ4n) is 5.30. The Hall–Kier alpha value is -4.69. The lowest BCUT2D eigenvalue weighted by Crippen LogP contribution is -2.15. The molecule has 1 atom stereocenters. The molecular formula is C35H26O2. The van der Waals surface area contributed by atoms with Crippen LogP contribution in [-0.4, -0.2) is 11.1 Å². The van der Waals surface area contributed by atoms with Crippen LogP contribution in [0.4, 0.5) is 0 Å². The summed E-state index contributed by atoms with van der Waals surface area (Å²) >= 11 is 0. The van der Waals surface area contributed by atoms with Gasteiger partial charge in [0.2, 0.25) is 0 Å². The average molecular weight is 479 g/mol. The molecule has 2 heteroatoms. The molecule has 0 saturated carbocycles. The predicted molar refractivity (Wildman–Crippen MR) is 153 cm³/mol. The van der Waals surface area contributed by atoms with Crippen molar-refractivity contribution in [3.63, 3.8) is 0 Å². The van der Waals surface area contributed by atoms with Gasteiger partial charge in [-0.1, -0.05) is 121 Å². The van der Waals surface area contributed by atoms with E-state index < -0.39 is 11.9 Å². The summed E-state index contributed by atoms with van der Waals surface area (Å²) in [4.78, 5) is 12.5. The number of aliphatic carboxylic acids is 1. The van der Waals surface area contributed by atoms with Gasteiger partial charge in [-0.25, -0.2) is 0 Å². The molecule has 0 fully saturated rings. The lowest BCUT2D eigenvalue weighted by atomic mass is 9.83. The minimum absolute atomic E-state index is 0.393. The Morgan fingerprint density at radius 1 is 0.541 bits per heavy atom.